The molecule has 0 aliphatic heterocycles. The highest BCUT2D eigenvalue weighted by molar-refractivity contribution is 7.92. The number of nitrogens with one attached hydrogen (secondary N) is 1. The molecule has 0 aromatic carbocycles. The molecule has 0 atom stereocenters. The molecule has 0 amide bonds. The van der Waals surface area contributed by atoms with Crippen LogP contribution in [0.3, 0.4) is 0 Å². The van der Waals surface area contributed by atoms with Crippen molar-refractivity contribution >= 4 is 15.8 Å². The molecule has 17 heavy (non-hydrogen) atoms. The largest absolute Gasteiger partial charge is 0.489 e. The first-order chi connectivity index (χ1) is 7.98. The molecule has 1 aliphatic carbocycles. The van der Waals surface area contributed by atoms with Crippen molar-refractivity contribution in [3.05, 3.63) is 17.8 Å². The van der Waals surface area contributed by atoms with Crippen LogP contribution >= 0.6 is 0 Å². The first-order valence-electron chi connectivity index (χ1n) is 5.02. The Morgan fingerprint density at radius 2 is 2.29 bits per heavy atom. The van der Waals surface area contributed by atoms with Crippen LogP contribution in [-0.2, 0) is 10.0 Å². The van der Waals surface area contributed by atoms with Crippen molar-refractivity contribution in [1.29, 1.82) is 5.26 Å². The third kappa shape index (κ3) is 3.32. The van der Waals surface area contributed by atoms with Gasteiger partial charge in [0, 0.05) is 6.07 Å². The van der Waals surface area contributed by atoms with Crippen LogP contribution in [0.2, 0.25) is 0 Å². The van der Waals surface area contributed by atoms with Crippen molar-refractivity contribution < 1.29 is 13.2 Å². The van der Waals surface area contributed by atoms with Crippen molar-refractivity contribution in [2.24, 2.45) is 0 Å². The Balaban J connectivity index is 2.27. The van der Waals surface area contributed by atoms with E-state index >= 15 is 0 Å². The number of anilines is 1. The molecule has 1 N–H and O–H groups in total. The Morgan fingerprint density at radius 1 is 1.59 bits per heavy atom. The van der Waals surface area contributed by atoms with E-state index in [0.29, 0.717) is 11.3 Å². The summed E-state index contributed by atoms with van der Waals surface area (Å²) in [5, 5.41) is 8.87. The highest BCUT2D eigenvalue weighted by Crippen LogP contribution is 2.30. The third-order valence-electron chi connectivity index (χ3n) is 2.09. The second-order valence-electron chi connectivity index (χ2n) is 3.87. The Morgan fingerprint density at radius 3 is 2.82 bits per heavy atom. The smallest absolute Gasteiger partial charge is 0.230 e. The minimum atomic E-state index is -3.38. The lowest BCUT2D eigenvalue weighted by Gasteiger charge is -2.08. The molecule has 0 saturated heterocycles. The third-order valence-corrected chi connectivity index (χ3v) is 2.67. The van der Waals surface area contributed by atoms with E-state index in [-0.39, 0.29) is 11.9 Å². The van der Waals surface area contributed by atoms with Crippen LogP contribution in [-0.4, -0.2) is 25.8 Å². The van der Waals surface area contributed by atoms with Gasteiger partial charge in [-0.1, -0.05) is 0 Å². The fourth-order valence-corrected chi connectivity index (χ4v) is 1.72. The number of ether oxygens (including phenoxy) is 1. The van der Waals surface area contributed by atoms with E-state index in [2.05, 4.69) is 9.71 Å². The molecule has 2 rings (SSSR count). The highest BCUT2D eigenvalue weighted by Gasteiger charge is 2.25. The van der Waals surface area contributed by atoms with Gasteiger partial charge >= 0.3 is 0 Å². The minimum absolute atomic E-state index is 0.135. The lowest BCUT2D eigenvalue weighted by atomic mass is 10.3. The molecule has 1 heterocycles. The quantitative estimate of drug-likeness (QED) is 0.859. The standard InChI is InChI=1S/C10H11N3O3S/c1-17(14,15)13-10-4-9(16-8-2-3-8)7(5-11)6-12-10/h4,6,8H,2-3H2,1H3,(H,12,13). The summed E-state index contributed by atoms with van der Waals surface area (Å²) in [5.41, 5.74) is 0.302. The highest BCUT2D eigenvalue weighted by atomic mass is 32.2. The van der Waals surface area contributed by atoms with E-state index in [1.807, 2.05) is 6.07 Å². The van der Waals surface area contributed by atoms with Gasteiger partial charge in [-0.15, -0.1) is 0 Å². The fraction of sp³-hybridized carbons (Fsp3) is 0.400. The second-order valence-corrected chi connectivity index (χ2v) is 5.62. The van der Waals surface area contributed by atoms with Gasteiger partial charge < -0.3 is 4.74 Å². The van der Waals surface area contributed by atoms with Gasteiger partial charge in [-0.3, -0.25) is 4.72 Å². The van der Waals surface area contributed by atoms with Gasteiger partial charge in [0.15, 0.2) is 0 Å². The number of aromatic nitrogens is 1. The molecule has 1 saturated carbocycles. The van der Waals surface area contributed by atoms with Gasteiger partial charge in [-0.2, -0.15) is 5.26 Å². The number of hydrogen-bond donors (Lipinski definition) is 1. The number of pyridine rings is 1. The normalized spacial score (nSPS) is 15.1. The molecule has 0 spiro atoms. The summed E-state index contributed by atoms with van der Waals surface area (Å²) in [4.78, 5) is 3.83. The van der Waals surface area contributed by atoms with E-state index in [0.717, 1.165) is 19.1 Å². The van der Waals surface area contributed by atoms with Crippen LogP contribution in [0.1, 0.15) is 18.4 Å². The summed E-state index contributed by atoms with van der Waals surface area (Å²) in [6.07, 6.45) is 4.39. The molecule has 1 aromatic heterocycles. The molecular weight excluding hydrogens is 242 g/mol. The average Bonchev–Trinajstić information content (AvgIpc) is 3.00. The maximum Gasteiger partial charge on any atom is 0.230 e. The van der Waals surface area contributed by atoms with Crippen molar-refractivity contribution in [3.8, 4) is 11.8 Å². The molecule has 1 aromatic rings. The first kappa shape index (κ1) is 11.7. The zero-order chi connectivity index (χ0) is 12.5. The number of rotatable bonds is 4. The maximum absolute atomic E-state index is 11.0. The van der Waals surface area contributed by atoms with Crippen LogP contribution in [0.25, 0.3) is 0 Å². The van der Waals surface area contributed by atoms with Crippen LogP contribution in [0.4, 0.5) is 5.82 Å². The number of sulfonamides is 1. The first-order valence-corrected chi connectivity index (χ1v) is 6.91. The van der Waals surface area contributed by atoms with Gasteiger partial charge in [0.1, 0.15) is 23.2 Å². The molecule has 0 radical (unpaired) electrons. The Bertz CT molecular complexity index is 573. The number of nitrogens with zero attached hydrogens (tertiary/aromatic N) is 2. The minimum Gasteiger partial charge on any atom is -0.489 e. The molecule has 1 aliphatic rings. The second kappa shape index (κ2) is 4.22. The van der Waals surface area contributed by atoms with Crippen molar-refractivity contribution in [1.82, 2.24) is 4.98 Å². The lowest BCUT2D eigenvalue weighted by molar-refractivity contribution is 0.302. The van der Waals surface area contributed by atoms with Crippen molar-refractivity contribution in [2.75, 3.05) is 11.0 Å². The summed E-state index contributed by atoms with van der Waals surface area (Å²) in [5.74, 6) is 0.526. The Labute approximate surface area is 99.3 Å². The summed E-state index contributed by atoms with van der Waals surface area (Å²) in [6.45, 7) is 0. The Hall–Kier alpha value is -1.81. The predicted octanol–water partition coefficient (Wildman–Crippen LogP) is 0.866. The van der Waals surface area contributed by atoms with Crippen LogP contribution < -0.4 is 9.46 Å². The van der Waals surface area contributed by atoms with E-state index in [1.165, 1.54) is 12.3 Å². The zero-order valence-corrected chi connectivity index (χ0v) is 9.99. The van der Waals surface area contributed by atoms with Gasteiger partial charge in [0.25, 0.3) is 0 Å². The average molecular weight is 253 g/mol. The Kier molecular flexibility index (Phi) is 2.90. The van der Waals surface area contributed by atoms with Gasteiger partial charge in [-0.05, 0) is 12.8 Å². The molecular formula is C10H11N3O3S. The SMILES string of the molecule is CS(=O)(=O)Nc1cc(OC2CC2)c(C#N)cn1. The van der Waals surface area contributed by atoms with E-state index in [4.69, 9.17) is 10.00 Å². The molecule has 6 nitrogen and oxygen atoms in total. The summed E-state index contributed by atoms with van der Waals surface area (Å²) >= 11 is 0. The van der Waals surface area contributed by atoms with Gasteiger partial charge in [0.05, 0.1) is 18.6 Å². The molecule has 7 heteroatoms. The lowest BCUT2D eigenvalue weighted by Crippen LogP contribution is -2.11. The summed E-state index contributed by atoms with van der Waals surface area (Å²) in [7, 11) is -3.38. The molecule has 1 fully saturated rings. The van der Waals surface area contributed by atoms with Crippen LogP contribution in [0.5, 0.6) is 5.75 Å². The zero-order valence-electron chi connectivity index (χ0n) is 9.17. The van der Waals surface area contributed by atoms with E-state index in [9.17, 15) is 8.42 Å². The number of hydrogen-bond acceptors (Lipinski definition) is 5. The maximum atomic E-state index is 11.0. The molecule has 0 bridgehead atoms. The van der Waals surface area contributed by atoms with Crippen molar-refractivity contribution in [3.63, 3.8) is 0 Å². The summed E-state index contributed by atoms with van der Waals surface area (Å²) in [6, 6.07) is 3.38. The van der Waals surface area contributed by atoms with Gasteiger partial charge in [0.2, 0.25) is 10.0 Å². The fourth-order valence-electron chi connectivity index (χ4n) is 1.23. The predicted molar refractivity (Wildman–Crippen MR) is 61.1 cm³/mol. The summed E-state index contributed by atoms with van der Waals surface area (Å²) < 4.78 is 29.8. The molecule has 0 unspecified atom stereocenters. The van der Waals surface area contributed by atoms with Crippen LogP contribution in [0, 0.1) is 11.3 Å². The van der Waals surface area contributed by atoms with Crippen molar-refractivity contribution in [2.45, 2.75) is 18.9 Å². The monoisotopic (exact) mass is 253 g/mol. The molecule has 90 valence electrons. The van der Waals surface area contributed by atoms with E-state index < -0.39 is 10.0 Å². The topological polar surface area (TPSA) is 92.1 Å². The van der Waals surface area contributed by atoms with E-state index in [1.54, 1.807) is 0 Å². The van der Waals surface area contributed by atoms with Crippen LogP contribution in [0.15, 0.2) is 12.3 Å². The number of nitriles is 1. The van der Waals surface area contributed by atoms with Gasteiger partial charge in [-0.25, -0.2) is 13.4 Å².